The second-order valence-electron chi connectivity index (χ2n) is 5.12. The van der Waals surface area contributed by atoms with Crippen LogP contribution in [0.5, 0.6) is 0 Å². The highest BCUT2D eigenvalue weighted by atomic mass is 16.6. The number of cyclic esters (lactones) is 1. The molecule has 0 N–H and O–H groups in total. The fraction of sp³-hybridized carbons (Fsp3) is 0.375. The molecule has 3 rings (SSSR count). The lowest BCUT2D eigenvalue weighted by atomic mass is 9.89. The number of allylic oxidation sites excluding steroid dienone is 1. The zero-order valence-corrected chi connectivity index (χ0v) is 10.8. The van der Waals surface area contributed by atoms with E-state index in [0.29, 0.717) is 17.5 Å². The number of nitrogens with zero attached hydrogens (tertiary/aromatic N) is 1. The van der Waals surface area contributed by atoms with Crippen molar-refractivity contribution >= 4 is 11.9 Å². The normalized spacial score (nSPS) is 22.4. The van der Waals surface area contributed by atoms with E-state index >= 15 is 0 Å². The smallest absolute Gasteiger partial charge is 0.363 e. The molecule has 0 spiro atoms. The van der Waals surface area contributed by atoms with Gasteiger partial charge in [0.25, 0.3) is 0 Å². The molecule has 1 aliphatic heterocycles. The highest BCUT2D eigenvalue weighted by Gasteiger charge is 2.25. The monoisotopic (exact) mass is 255 g/mol. The molecule has 0 aromatic heterocycles. The number of rotatable bonds is 2. The first kappa shape index (κ1) is 12.2. The second-order valence-corrected chi connectivity index (χ2v) is 5.12. The molecule has 1 aromatic rings. The lowest BCUT2D eigenvalue weighted by Gasteiger charge is -2.17. The van der Waals surface area contributed by atoms with E-state index < -0.39 is 0 Å². The summed E-state index contributed by atoms with van der Waals surface area (Å²) in [4.78, 5) is 16.2. The van der Waals surface area contributed by atoms with Crippen LogP contribution < -0.4 is 0 Å². The second kappa shape index (κ2) is 5.39. The fourth-order valence-corrected chi connectivity index (χ4v) is 2.65. The Hall–Kier alpha value is -1.90. The molecule has 0 radical (unpaired) electrons. The van der Waals surface area contributed by atoms with E-state index in [1.807, 2.05) is 36.4 Å². The molecule has 98 valence electrons. The molecule has 19 heavy (non-hydrogen) atoms. The molecular formula is C16H17NO2. The molecule has 3 nitrogen and oxygen atoms in total. The lowest BCUT2D eigenvalue weighted by Crippen LogP contribution is -2.07. The van der Waals surface area contributed by atoms with Crippen molar-refractivity contribution in [3.05, 3.63) is 47.7 Å². The molecule has 0 atom stereocenters. The molecule has 2 aliphatic rings. The first-order valence-electron chi connectivity index (χ1n) is 6.91. The summed E-state index contributed by atoms with van der Waals surface area (Å²) in [5, 5.41) is 0. The number of carbonyl (C=O) groups is 1. The van der Waals surface area contributed by atoms with E-state index in [1.54, 1.807) is 0 Å². The molecule has 0 unspecified atom stereocenters. The molecule has 1 aromatic carbocycles. The highest BCUT2D eigenvalue weighted by molar-refractivity contribution is 6.11. The van der Waals surface area contributed by atoms with Crippen molar-refractivity contribution < 1.29 is 9.53 Å². The molecule has 3 heteroatoms. The summed E-state index contributed by atoms with van der Waals surface area (Å²) < 4.78 is 5.24. The third-order valence-electron chi connectivity index (χ3n) is 3.68. The van der Waals surface area contributed by atoms with E-state index in [-0.39, 0.29) is 5.97 Å². The van der Waals surface area contributed by atoms with Crippen molar-refractivity contribution in [2.24, 2.45) is 10.9 Å². The lowest BCUT2D eigenvalue weighted by molar-refractivity contribution is -0.130. The van der Waals surface area contributed by atoms with Gasteiger partial charge in [-0.15, -0.1) is 0 Å². The maximum absolute atomic E-state index is 11.8. The van der Waals surface area contributed by atoms with Crippen molar-refractivity contribution in [3.63, 3.8) is 0 Å². The van der Waals surface area contributed by atoms with E-state index in [2.05, 4.69) is 4.99 Å². The minimum absolute atomic E-state index is 0.315. The molecule has 0 amide bonds. The minimum atomic E-state index is -0.315. The predicted molar refractivity (Wildman–Crippen MR) is 73.7 cm³/mol. The number of carbonyl (C=O) groups excluding carboxylic acids is 1. The zero-order chi connectivity index (χ0) is 13.1. The highest BCUT2D eigenvalue weighted by Crippen LogP contribution is 2.27. The van der Waals surface area contributed by atoms with Crippen molar-refractivity contribution in [2.75, 3.05) is 0 Å². The number of aliphatic imine (C=N–C) groups is 1. The Balaban J connectivity index is 1.81. The van der Waals surface area contributed by atoms with Crippen LogP contribution in [0.25, 0.3) is 0 Å². The van der Waals surface area contributed by atoms with E-state index in [9.17, 15) is 4.79 Å². The largest absolute Gasteiger partial charge is 0.402 e. The summed E-state index contributed by atoms with van der Waals surface area (Å²) in [5.74, 6) is 0.590. The maximum atomic E-state index is 11.8. The number of hydrogen-bond donors (Lipinski definition) is 0. The minimum Gasteiger partial charge on any atom is -0.402 e. The number of esters is 1. The summed E-state index contributed by atoms with van der Waals surface area (Å²) in [7, 11) is 0. The van der Waals surface area contributed by atoms with Crippen molar-refractivity contribution in [3.8, 4) is 0 Å². The fourth-order valence-electron chi connectivity index (χ4n) is 2.65. The van der Waals surface area contributed by atoms with Gasteiger partial charge in [-0.1, -0.05) is 37.5 Å². The summed E-state index contributed by atoms with van der Waals surface area (Å²) in [6.45, 7) is 0. The van der Waals surface area contributed by atoms with Crippen LogP contribution in [0.3, 0.4) is 0 Å². The van der Waals surface area contributed by atoms with Gasteiger partial charge >= 0.3 is 5.97 Å². The van der Waals surface area contributed by atoms with Gasteiger partial charge in [0.2, 0.25) is 5.90 Å². The van der Waals surface area contributed by atoms with Crippen LogP contribution in [0.1, 0.15) is 37.7 Å². The summed E-state index contributed by atoms with van der Waals surface area (Å²) in [6, 6.07) is 9.55. The average molecular weight is 255 g/mol. The molecule has 0 bridgehead atoms. The van der Waals surface area contributed by atoms with Gasteiger partial charge in [0.05, 0.1) is 0 Å². The Bertz CT molecular complexity index is 525. The SMILES string of the molecule is O=C1OC(c2ccccc2)=NC1=CC1CCCCC1. The standard InChI is InChI=1S/C16H17NO2/c18-16-14(11-12-7-3-1-4-8-12)17-15(19-16)13-9-5-2-6-10-13/h2,5-6,9-12H,1,3-4,7-8H2. The summed E-state index contributed by atoms with van der Waals surface area (Å²) >= 11 is 0. The van der Waals surface area contributed by atoms with Crippen LogP contribution in [0.4, 0.5) is 0 Å². The van der Waals surface area contributed by atoms with E-state index in [4.69, 9.17) is 4.74 Å². The van der Waals surface area contributed by atoms with E-state index in [0.717, 1.165) is 18.4 Å². The van der Waals surface area contributed by atoms with Crippen molar-refractivity contribution in [2.45, 2.75) is 32.1 Å². The van der Waals surface area contributed by atoms with Crippen molar-refractivity contribution in [1.29, 1.82) is 0 Å². The van der Waals surface area contributed by atoms with Crippen molar-refractivity contribution in [1.82, 2.24) is 0 Å². The van der Waals surface area contributed by atoms with E-state index in [1.165, 1.54) is 19.3 Å². The van der Waals surface area contributed by atoms with Gasteiger partial charge in [0, 0.05) is 5.56 Å². The van der Waals surface area contributed by atoms with Gasteiger partial charge in [-0.05, 0) is 37.0 Å². The van der Waals surface area contributed by atoms with Gasteiger partial charge in [0.1, 0.15) is 5.70 Å². The first-order valence-corrected chi connectivity index (χ1v) is 6.91. The number of benzene rings is 1. The zero-order valence-electron chi connectivity index (χ0n) is 10.8. The predicted octanol–water partition coefficient (Wildman–Crippen LogP) is 3.45. The molecule has 1 heterocycles. The summed E-state index contributed by atoms with van der Waals surface area (Å²) in [5.41, 5.74) is 1.33. The molecule has 1 saturated carbocycles. The van der Waals surface area contributed by atoms with Gasteiger partial charge < -0.3 is 4.74 Å². The average Bonchev–Trinajstić information content (AvgIpc) is 2.82. The number of hydrogen-bond acceptors (Lipinski definition) is 3. The molecule has 1 aliphatic carbocycles. The molecule has 1 fully saturated rings. The van der Waals surface area contributed by atoms with Gasteiger partial charge in [-0.2, -0.15) is 0 Å². The Morgan fingerprint density at radius 1 is 1.11 bits per heavy atom. The Labute approximate surface area is 113 Å². The van der Waals surface area contributed by atoms with Gasteiger partial charge in [-0.25, -0.2) is 9.79 Å². The van der Waals surface area contributed by atoms with Gasteiger partial charge in [-0.3, -0.25) is 0 Å². The topological polar surface area (TPSA) is 38.7 Å². The maximum Gasteiger partial charge on any atom is 0.363 e. The quantitative estimate of drug-likeness (QED) is 0.599. The Morgan fingerprint density at radius 3 is 2.58 bits per heavy atom. The van der Waals surface area contributed by atoms with Crippen LogP contribution in [-0.2, 0) is 9.53 Å². The van der Waals surface area contributed by atoms with Crippen LogP contribution in [0, 0.1) is 5.92 Å². The summed E-state index contributed by atoms with van der Waals surface area (Å²) in [6.07, 6.45) is 8.12. The molecule has 0 saturated heterocycles. The third-order valence-corrected chi connectivity index (χ3v) is 3.68. The van der Waals surface area contributed by atoms with Crippen LogP contribution in [-0.4, -0.2) is 11.9 Å². The van der Waals surface area contributed by atoms with Crippen LogP contribution in [0.15, 0.2) is 47.1 Å². The molecular weight excluding hydrogens is 238 g/mol. The first-order chi connectivity index (χ1) is 9.33. The van der Waals surface area contributed by atoms with Gasteiger partial charge in [0.15, 0.2) is 0 Å². The van der Waals surface area contributed by atoms with Crippen LogP contribution >= 0.6 is 0 Å². The number of ether oxygens (including phenoxy) is 1. The van der Waals surface area contributed by atoms with Crippen LogP contribution in [0.2, 0.25) is 0 Å². The Morgan fingerprint density at radius 2 is 1.84 bits per heavy atom. The third kappa shape index (κ3) is 2.75. The Kier molecular flexibility index (Phi) is 3.45.